The molecule has 0 bridgehead atoms. The van der Waals surface area contributed by atoms with Crippen LogP contribution in [0.15, 0.2) is 28.6 Å². The molecule has 0 radical (unpaired) electrons. The maximum atomic E-state index is 12.0. The molecular weight excluding hydrogens is 254 g/mol. The van der Waals surface area contributed by atoms with Gasteiger partial charge in [-0.1, -0.05) is 12.1 Å². The van der Waals surface area contributed by atoms with Gasteiger partial charge in [0, 0.05) is 6.42 Å². The lowest BCUT2D eigenvalue weighted by Gasteiger charge is -1.95. The van der Waals surface area contributed by atoms with E-state index < -0.39 is 9.84 Å². The van der Waals surface area contributed by atoms with Gasteiger partial charge in [0.05, 0.1) is 16.0 Å². The number of benzene rings is 1. The first-order chi connectivity index (χ1) is 8.13. The Bertz CT molecular complexity index is 657. The molecule has 5 heteroatoms. The van der Waals surface area contributed by atoms with Crippen LogP contribution in [0.4, 0.5) is 0 Å². The van der Waals surface area contributed by atoms with E-state index in [0.717, 1.165) is 10.2 Å². The molecule has 2 aromatic rings. The Balaban J connectivity index is 2.34. The highest BCUT2D eigenvalue weighted by Gasteiger charge is 2.18. The molecule has 0 aliphatic heterocycles. The van der Waals surface area contributed by atoms with Crippen molar-refractivity contribution in [1.29, 1.82) is 0 Å². The fraction of sp³-hybridized carbons (Fsp3) is 0.250. The summed E-state index contributed by atoms with van der Waals surface area (Å²) in [6.07, 6.45) is 0.356. The molecule has 1 aromatic heterocycles. The minimum absolute atomic E-state index is 0.0354. The molecule has 0 fully saturated rings. The van der Waals surface area contributed by atoms with Crippen LogP contribution in [-0.4, -0.2) is 19.2 Å². The van der Waals surface area contributed by atoms with Gasteiger partial charge in [-0.15, -0.1) is 23.2 Å². The summed E-state index contributed by atoms with van der Waals surface area (Å²) >= 11 is 1.21. The van der Waals surface area contributed by atoms with Crippen LogP contribution in [0.1, 0.15) is 13.3 Å². The molecule has 17 heavy (non-hydrogen) atoms. The zero-order chi connectivity index (χ0) is 12.3. The first kappa shape index (κ1) is 12.1. The molecule has 2 rings (SSSR count). The van der Waals surface area contributed by atoms with Gasteiger partial charge in [0.15, 0.2) is 0 Å². The lowest BCUT2D eigenvalue weighted by Crippen LogP contribution is -2.05. The molecule has 0 saturated heterocycles. The molecule has 88 valence electrons. The Kier molecular flexibility index (Phi) is 3.46. The van der Waals surface area contributed by atoms with Crippen LogP contribution in [0, 0.1) is 11.8 Å². The number of thiazole rings is 1. The molecule has 0 aliphatic carbocycles. The van der Waals surface area contributed by atoms with Crippen LogP contribution in [0.5, 0.6) is 0 Å². The SMILES string of the molecule is CC#CCCS(=O)(=O)c1nc2ccccc2s1. The van der Waals surface area contributed by atoms with Crippen LogP contribution < -0.4 is 0 Å². The van der Waals surface area contributed by atoms with E-state index in [1.54, 1.807) is 6.92 Å². The minimum atomic E-state index is -3.29. The zero-order valence-electron chi connectivity index (χ0n) is 9.30. The van der Waals surface area contributed by atoms with Gasteiger partial charge in [0.2, 0.25) is 14.2 Å². The van der Waals surface area contributed by atoms with Crippen molar-refractivity contribution in [2.45, 2.75) is 17.7 Å². The minimum Gasteiger partial charge on any atom is -0.225 e. The Labute approximate surface area is 104 Å². The summed E-state index contributed by atoms with van der Waals surface area (Å²) in [4.78, 5) is 4.15. The van der Waals surface area contributed by atoms with Crippen LogP contribution in [0.2, 0.25) is 0 Å². The first-order valence-electron chi connectivity index (χ1n) is 5.11. The van der Waals surface area contributed by atoms with Gasteiger partial charge in [-0.25, -0.2) is 13.4 Å². The lowest BCUT2D eigenvalue weighted by atomic mass is 10.3. The summed E-state index contributed by atoms with van der Waals surface area (Å²) in [7, 11) is -3.29. The topological polar surface area (TPSA) is 47.0 Å². The monoisotopic (exact) mass is 265 g/mol. The molecule has 0 unspecified atom stereocenters. The number of hydrogen-bond donors (Lipinski definition) is 0. The van der Waals surface area contributed by atoms with Crippen molar-refractivity contribution in [1.82, 2.24) is 4.98 Å². The number of nitrogens with zero attached hydrogens (tertiary/aromatic N) is 1. The standard InChI is InChI=1S/C12H11NO2S2/c1-2-3-6-9-17(14,15)12-13-10-7-4-5-8-11(10)16-12/h4-5,7-8H,6,9H2,1H3. The molecule has 1 heterocycles. The molecule has 0 aliphatic rings. The zero-order valence-corrected chi connectivity index (χ0v) is 10.9. The molecule has 1 aromatic carbocycles. The van der Waals surface area contributed by atoms with Gasteiger partial charge >= 0.3 is 0 Å². The predicted molar refractivity (Wildman–Crippen MR) is 69.7 cm³/mol. The van der Waals surface area contributed by atoms with Crippen molar-refractivity contribution in [2.75, 3.05) is 5.75 Å². The lowest BCUT2D eigenvalue weighted by molar-refractivity contribution is 0.595. The van der Waals surface area contributed by atoms with Gasteiger partial charge in [0.1, 0.15) is 0 Å². The Morgan fingerprint density at radius 2 is 2.12 bits per heavy atom. The van der Waals surface area contributed by atoms with Gasteiger partial charge in [-0.05, 0) is 19.1 Å². The molecule has 0 N–H and O–H groups in total. The van der Waals surface area contributed by atoms with E-state index in [4.69, 9.17) is 0 Å². The molecule has 3 nitrogen and oxygen atoms in total. The number of hydrogen-bond acceptors (Lipinski definition) is 4. The Hall–Kier alpha value is -1.38. The summed E-state index contributed by atoms with van der Waals surface area (Å²) in [6.45, 7) is 1.70. The van der Waals surface area contributed by atoms with E-state index in [0.29, 0.717) is 6.42 Å². The maximum absolute atomic E-state index is 12.0. The average Bonchev–Trinajstić information content (AvgIpc) is 2.73. The molecule has 0 amide bonds. The van der Waals surface area contributed by atoms with Crippen LogP contribution in [-0.2, 0) is 9.84 Å². The van der Waals surface area contributed by atoms with Crippen molar-refractivity contribution in [3.63, 3.8) is 0 Å². The molecule has 0 spiro atoms. The molecule has 0 atom stereocenters. The highest BCUT2D eigenvalue weighted by Crippen LogP contribution is 2.25. The van der Waals surface area contributed by atoms with E-state index in [2.05, 4.69) is 16.8 Å². The number of sulfone groups is 1. The quantitative estimate of drug-likeness (QED) is 0.801. The summed E-state index contributed by atoms with van der Waals surface area (Å²) in [5.74, 6) is 5.48. The van der Waals surface area contributed by atoms with Crippen LogP contribution in [0.25, 0.3) is 10.2 Å². The molecule has 0 saturated carbocycles. The summed E-state index contributed by atoms with van der Waals surface area (Å²) in [5.41, 5.74) is 0.734. The van der Waals surface area contributed by atoms with E-state index in [9.17, 15) is 8.42 Å². The van der Waals surface area contributed by atoms with Crippen molar-refractivity contribution in [3.8, 4) is 11.8 Å². The Morgan fingerprint density at radius 3 is 2.82 bits per heavy atom. The normalized spacial score (nSPS) is 11.1. The number of aromatic nitrogens is 1. The second kappa shape index (κ2) is 4.86. The fourth-order valence-electron chi connectivity index (χ4n) is 1.38. The smallest absolute Gasteiger partial charge is 0.210 e. The number of rotatable bonds is 3. The third-order valence-electron chi connectivity index (χ3n) is 2.21. The molecular formula is C12H11NO2S2. The Morgan fingerprint density at radius 1 is 1.35 bits per heavy atom. The predicted octanol–water partition coefficient (Wildman–Crippen LogP) is 2.48. The summed E-state index contributed by atoms with van der Waals surface area (Å²) in [6, 6.07) is 7.41. The first-order valence-corrected chi connectivity index (χ1v) is 7.58. The number of para-hydroxylation sites is 1. The van der Waals surface area contributed by atoms with Crippen molar-refractivity contribution in [2.24, 2.45) is 0 Å². The highest BCUT2D eigenvalue weighted by molar-refractivity contribution is 7.93. The van der Waals surface area contributed by atoms with Crippen molar-refractivity contribution < 1.29 is 8.42 Å². The average molecular weight is 265 g/mol. The largest absolute Gasteiger partial charge is 0.225 e. The number of fused-ring (bicyclic) bond motifs is 1. The van der Waals surface area contributed by atoms with Crippen LogP contribution >= 0.6 is 11.3 Å². The second-order valence-corrected chi connectivity index (χ2v) is 6.76. The van der Waals surface area contributed by atoms with E-state index in [1.807, 2.05) is 24.3 Å². The van der Waals surface area contributed by atoms with Crippen molar-refractivity contribution >= 4 is 31.4 Å². The summed E-state index contributed by atoms with van der Waals surface area (Å²) in [5, 5.41) is 0. The van der Waals surface area contributed by atoms with Gasteiger partial charge in [-0.3, -0.25) is 0 Å². The fourth-order valence-corrected chi connectivity index (χ4v) is 3.89. The summed E-state index contributed by atoms with van der Waals surface area (Å²) < 4.78 is 25.0. The van der Waals surface area contributed by atoms with E-state index >= 15 is 0 Å². The second-order valence-electron chi connectivity index (χ2n) is 3.44. The third kappa shape index (κ3) is 2.65. The van der Waals surface area contributed by atoms with Crippen molar-refractivity contribution in [3.05, 3.63) is 24.3 Å². The third-order valence-corrected chi connectivity index (χ3v) is 5.42. The van der Waals surface area contributed by atoms with Gasteiger partial charge < -0.3 is 0 Å². The maximum Gasteiger partial charge on any atom is 0.210 e. The van der Waals surface area contributed by atoms with Crippen LogP contribution in [0.3, 0.4) is 0 Å². The van der Waals surface area contributed by atoms with Gasteiger partial charge in [0.25, 0.3) is 0 Å². The van der Waals surface area contributed by atoms with E-state index in [-0.39, 0.29) is 10.1 Å². The van der Waals surface area contributed by atoms with Gasteiger partial charge in [-0.2, -0.15) is 0 Å². The highest BCUT2D eigenvalue weighted by atomic mass is 32.2. The van der Waals surface area contributed by atoms with E-state index in [1.165, 1.54) is 11.3 Å².